The van der Waals surface area contributed by atoms with E-state index < -0.39 is 11.6 Å². The second-order valence-electron chi connectivity index (χ2n) is 3.67. The van der Waals surface area contributed by atoms with E-state index in [0.717, 1.165) is 6.07 Å². The Balaban J connectivity index is 2.19. The van der Waals surface area contributed by atoms with Crippen molar-refractivity contribution in [2.45, 2.75) is 6.61 Å². The summed E-state index contributed by atoms with van der Waals surface area (Å²) in [6, 6.07) is 8.07. The molecule has 0 aliphatic rings. The summed E-state index contributed by atoms with van der Waals surface area (Å²) in [5.41, 5.74) is 6.10. The van der Waals surface area contributed by atoms with Gasteiger partial charge in [0, 0.05) is 11.6 Å². The molecule has 0 atom stereocenters. The molecule has 0 saturated heterocycles. The lowest BCUT2D eigenvalue weighted by Gasteiger charge is -2.10. The molecule has 2 aromatic carbocycles. The Bertz CT molecular complexity index is 555. The molecular weight excluding hydrogens is 260 g/mol. The van der Waals surface area contributed by atoms with Gasteiger partial charge in [0.1, 0.15) is 24.0 Å². The zero-order valence-corrected chi connectivity index (χ0v) is 10.0. The molecule has 0 aliphatic heterocycles. The van der Waals surface area contributed by atoms with Crippen LogP contribution in [0, 0.1) is 11.6 Å². The highest BCUT2D eigenvalue weighted by Crippen LogP contribution is 2.25. The van der Waals surface area contributed by atoms with Crippen molar-refractivity contribution in [1.29, 1.82) is 0 Å². The normalized spacial score (nSPS) is 10.4. The quantitative estimate of drug-likeness (QED) is 0.861. The van der Waals surface area contributed by atoms with Crippen LogP contribution >= 0.6 is 11.6 Å². The highest BCUT2D eigenvalue weighted by atomic mass is 35.5. The Labute approximate surface area is 108 Å². The van der Waals surface area contributed by atoms with E-state index >= 15 is 0 Å². The Morgan fingerprint density at radius 2 is 1.94 bits per heavy atom. The summed E-state index contributed by atoms with van der Waals surface area (Å²) in [6.07, 6.45) is 0. The first-order valence-corrected chi connectivity index (χ1v) is 5.56. The topological polar surface area (TPSA) is 35.2 Å². The van der Waals surface area contributed by atoms with Crippen LogP contribution < -0.4 is 10.5 Å². The molecule has 0 fully saturated rings. The summed E-state index contributed by atoms with van der Waals surface area (Å²) < 4.78 is 31.7. The minimum absolute atomic E-state index is 0.112. The molecule has 2 aromatic rings. The van der Waals surface area contributed by atoms with E-state index in [1.54, 1.807) is 6.07 Å². The Morgan fingerprint density at radius 1 is 1.17 bits per heavy atom. The van der Waals surface area contributed by atoms with Crippen molar-refractivity contribution in [3.05, 3.63) is 58.6 Å². The Morgan fingerprint density at radius 3 is 2.67 bits per heavy atom. The highest BCUT2D eigenvalue weighted by molar-refractivity contribution is 6.31. The summed E-state index contributed by atoms with van der Waals surface area (Å²) in [5.74, 6) is -0.786. The van der Waals surface area contributed by atoms with Crippen LogP contribution in [0.3, 0.4) is 0 Å². The summed E-state index contributed by atoms with van der Waals surface area (Å²) in [4.78, 5) is 0. The number of rotatable bonds is 3. The number of hydrogen-bond donors (Lipinski definition) is 1. The Hall–Kier alpha value is -1.81. The molecule has 0 aromatic heterocycles. The van der Waals surface area contributed by atoms with Gasteiger partial charge in [-0.2, -0.15) is 0 Å². The van der Waals surface area contributed by atoms with Crippen LogP contribution in [0.2, 0.25) is 5.02 Å². The summed E-state index contributed by atoms with van der Waals surface area (Å²) in [6.45, 7) is -0.112. The zero-order chi connectivity index (χ0) is 13.1. The molecule has 2 nitrogen and oxygen atoms in total. The van der Waals surface area contributed by atoms with E-state index in [9.17, 15) is 8.78 Å². The minimum atomic E-state index is -0.475. The van der Waals surface area contributed by atoms with Gasteiger partial charge in [0.05, 0.1) is 10.7 Å². The smallest absolute Gasteiger partial charge is 0.145 e. The van der Waals surface area contributed by atoms with E-state index in [0.29, 0.717) is 0 Å². The molecule has 2 rings (SSSR count). The van der Waals surface area contributed by atoms with Gasteiger partial charge in [-0.25, -0.2) is 8.78 Å². The number of halogens is 3. The molecule has 0 heterocycles. The van der Waals surface area contributed by atoms with Crippen molar-refractivity contribution in [2.24, 2.45) is 0 Å². The molecule has 0 unspecified atom stereocenters. The van der Waals surface area contributed by atoms with Crippen molar-refractivity contribution >= 4 is 17.3 Å². The van der Waals surface area contributed by atoms with Crippen LogP contribution in [0.15, 0.2) is 36.4 Å². The van der Waals surface area contributed by atoms with Crippen LogP contribution in [0.4, 0.5) is 14.5 Å². The van der Waals surface area contributed by atoms with Gasteiger partial charge in [-0.3, -0.25) is 0 Å². The SMILES string of the molecule is Nc1ccc(F)cc1OCc1c(F)cccc1Cl. The molecule has 0 saturated carbocycles. The highest BCUT2D eigenvalue weighted by Gasteiger charge is 2.09. The van der Waals surface area contributed by atoms with Gasteiger partial charge in [0.15, 0.2) is 0 Å². The molecular formula is C13H10ClF2NO. The van der Waals surface area contributed by atoms with Crippen molar-refractivity contribution in [2.75, 3.05) is 5.73 Å². The van der Waals surface area contributed by atoms with Crippen molar-refractivity contribution in [1.82, 2.24) is 0 Å². The first-order valence-electron chi connectivity index (χ1n) is 5.18. The molecule has 0 radical (unpaired) electrons. The standard InChI is InChI=1S/C13H10ClF2NO/c14-10-2-1-3-11(16)9(10)7-18-13-6-8(15)4-5-12(13)17/h1-6H,7,17H2. The lowest BCUT2D eigenvalue weighted by molar-refractivity contribution is 0.300. The summed E-state index contributed by atoms with van der Waals surface area (Å²) in [7, 11) is 0. The molecule has 2 N–H and O–H groups in total. The van der Waals surface area contributed by atoms with Crippen LogP contribution in [0.5, 0.6) is 5.75 Å². The van der Waals surface area contributed by atoms with Gasteiger partial charge in [-0.15, -0.1) is 0 Å². The maximum atomic E-state index is 13.5. The van der Waals surface area contributed by atoms with Crippen molar-refractivity contribution in [3.63, 3.8) is 0 Å². The van der Waals surface area contributed by atoms with E-state index in [-0.39, 0.29) is 28.6 Å². The first-order chi connectivity index (χ1) is 8.58. The fraction of sp³-hybridized carbons (Fsp3) is 0.0769. The van der Waals surface area contributed by atoms with Crippen LogP contribution in [0.25, 0.3) is 0 Å². The molecule has 0 amide bonds. The third-order valence-corrected chi connectivity index (χ3v) is 2.76. The number of nitrogen functional groups attached to an aromatic ring is 1. The largest absolute Gasteiger partial charge is 0.486 e. The lowest BCUT2D eigenvalue weighted by atomic mass is 10.2. The van der Waals surface area contributed by atoms with Gasteiger partial charge >= 0.3 is 0 Å². The average molecular weight is 270 g/mol. The Kier molecular flexibility index (Phi) is 3.67. The predicted octanol–water partition coefficient (Wildman–Crippen LogP) is 3.78. The second-order valence-corrected chi connectivity index (χ2v) is 4.08. The number of hydrogen-bond acceptors (Lipinski definition) is 2. The summed E-state index contributed by atoms with van der Waals surface area (Å²) >= 11 is 5.84. The minimum Gasteiger partial charge on any atom is -0.486 e. The van der Waals surface area contributed by atoms with Crippen molar-refractivity contribution < 1.29 is 13.5 Å². The van der Waals surface area contributed by atoms with Crippen LogP contribution in [0.1, 0.15) is 5.56 Å². The van der Waals surface area contributed by atoms with Crippen LogP contribution in [-0.2, 0) is 6.61 Å². The molecule has 0 aliphatic carbocycles. The molecule has 5 heteroatoms. The maximum Gasteiger partial charge on any atom is 0.145 e. The third kappa shape index (κ3) is 2.71. The van der Waals surface area contributed by atoms with Crippen LogP contribution in [-0.4, -0.2) is 0 Å². The van der Waals surface area contributed by atoms with E-state index in [1.165, 1.54) is 24.3 Å². The van der Waals surface area contributed by atoms with Gasteiger partial charge in [-0.1, -0.05) is 17.7 Å². The lowest BCUT2D eigenvalue weighted by Crippen LogP contribution is -2.02. The van der Waals surface area contributed by atoms with Gasteiger partial charge < -0.3 is 10.5 Å². The number of ether oxygens (including phenoxy) is 1. The monoisotopic (exact) mass is 269 g/mol. The number of nitrogens with two attached hydrogens (primary N) is 1. The zero-order valence-electron chi connectivity index (χ0n) is 9.29. The average Bonchev–Trinajstić information content (AvgIpc) is 2.33. The van der Waals surface area contributed by atoms with Gasteiger partial charge in [0.2, 0.25) is 0 Å². The fourth-order valence-corrected chi connectivity index (χ4v) is 1.67. The fourth-order valence-electron chi connectivity index (χ4n) is 1.45. The van der Waals surface area contributed by atoms with E-state index in [1.807, 2.05) is 0 Å². The first kappa shape index (κ1) is 12.6. The van der Waals surface area contributed by atoms with Crippen molar-refractivity contribution in [3.8, 4) is 5.75 Å². The summed E-state index contributed by atoms with van der Waals surface area (Å²) in [5, 5.41) is 0.255. The number of anilines is 1. The van der Waals surface area contributed by atoms with Gasteiger partial charge in [0.25, 0.3) is 0 Å². The molecule has 18 heavy (non-hydrogen) atoms. The van der Waals surface area contributed by atoms with Gasteiger partial charge in [-0.05, 0) is 24.3 Å². The van der Waals surface area contributed by atoms with E-state index in [2.05, 4.69) is 0 Å². The molecule has 0 bridgehead atoms. The molecule has 0 spiro atoms. The third-order valence-electron chi connectivity index (χ3n) is 2.41. The number of benzene rings is 2. The maximum absolute atomic E-state index is 13.5. The predicted molar refractivity (Wildman–Crippen MR) is 66.6 cm³/mol. The molecule has 94 valence electrons. The van der Waals surface area contributed by atoms with E-state index in [4.69, 9.17) is 22.1 Å². The second kappa shape index (κ2) is 5.23.